The van der Waals surface area contributed by atoms with E-state index < -0.39 is 0 Å². The Kier molecular flexibility index (Phi) is 3.81. The summed E-state index contributed by atoms with van der Waals surface area (Å²) in [6, 6.07) is 8.68. The third-order valence-corrected chi connectivity index (χ3v) is 5.28. The van der Waals surface area contributed by atoms with Crippen LogP contribution >= 0.6 is 11.3 Å². The Bertz CT molecular complexity index is 677. The largest absolute Gasteiger partial charge is 0.334 e. The summed E-state index contributed by atoms with van der Waals surface area (Å²) >= 11 is 1.49. The normalized spacial score (nSPS) is 17.4. The number of rotatable bonds is 2. The molecule has 1 amide bonds. The second-order valence-corrected chi connectivity index (χ2v) is 6.87. The van der Waals surface area contributed by atoms with Crippen molar-refractivity contribution in [2.45, 2.75) is 39.2 Å². The topological polar surface area (TPSA) is 33.2 Å². The Hall–Kier alpha value is -1.68. The third kappa shape index (κ3) is 2.60. The number of hydrogen-bond donors (Lipinski definition) is 0. The number of carbonyl (C=O) groups excluding carboxylic acids is 1. The second kappa shape index (κ2) is 5.60. The summed E-state index contributed by atoms with van der Waals surface area (Å²) in [5, 5.41) is 0.952. The molecule has 0 spiro atoms. The number of carbonyl (C=O) groups is 1. The average Bonchev–Trinajstić information content (AvgIpc) is 2.84. The molecular formula is C17H20N2OS. The third-order valence-electron chi connectivity index (χ3n) is 4.22. The fourth-order valence-corrected chi connectivity index (χ4v) is 4.06. The Morgan fingerprint density at radius 1 is 1.33 bits per heavy atom. The van der Waals surface area contributed by atoms with Crippen molar-refractivity contribution in [1.29, 1.82) is 0 Å². The molecule has 1 unspecified atom stereocenters. The van der Waals surface area contributed by atoms with Crippen molar-refractivity contribution in [3.63, 3.8) is 0 Å². The zero-order chi connectivity index (χ0) is 15.0. The van der Waals surface area contributed by atoms with Crippen molar-refractivity contribution in [1.82, 2.24) is 9.88 Å². The van der Waals surface area contributed by atoms with Crippen LogP contribution in [-0.2, 0) is 6.42 Å². The van der Waals surface area contributed by atoms with E-state index in [2.05, 4.69) is 29.2 Å². The van der Waals surface area contributed by atoms with Gasteiger partial charge in [0.05, 0.1) is 16.7 Å². The molecule has 0 radical (unpaired) electrons. The summed E-state index contributed by atoms with van der Waals surface area (Å²) in [6.45, 7) is 3.86. The van der Waals surface area contributed by atoms with Gasteiger partial charge in [0.15, 0.2) is 0 Å². The van der Waals surface area contributed by atoms with Crippen LogP contribution in [-0.4, -0.2) is 22.8 Å². The van der Waals surface area contributed by atoms with Gasteiger partial charge in [-0.15, -0.1) is 11.3 Å². The van der Waals surface area contributed by atoms with Crippen molar-refractivity contribution in [2.75, 3.05) is 7.05 Å². The number of benzene rings is 1. The molecule has 0 saturated carbocycles. The Labute approximate surface area is 129 Å². The number of amides is 1. The van der Waals surface area contributed by atoms with Crippen molar-refractivity contribution in [2.24, 2.45) is 0 Å². The molecule has 2 aromatic rings. The fraction of sp³-hybridized carbons (Fsp3) is 0.412. The molecule has 0 saturated heterocycles. The summed E-state index contributed by atoms with van der Waals surface area (Å²) in [5.41, 5.74) is 3.53. The molecule has 0 fully saturated rings. The van der Waals surface area contributed by atoms with Crippen molar-refractivity contribution < 1.29 is 4.79 Å². The lowest BCUT2D eigenvalue weighted by molar-refractivity contribution is 0.0719. The number of hydrogen-bond acceptors (Lipinski definition) is 3. The zero-order valence-corrected chi connectivity index (χ0v) is 13.5. The highest BCUT2D eigenvalue weighted by atomic mass is 32.1. The lowest BCUT2D eigenvalue weighted by atomic mass is 9.87. The van der Waals surface area contributed by atoms with Gasteiger partial charge >= 0.3 is 0 Å². The Morgan fingerprint density at radius 2 is 2.10 bits per heavy atom. The molecule has 1 heterocycles. The molecule has 1 atom stereocenters. The van der Waals surface area contributed by atoms with Crippen LogP contribution in [0.1, 0.15) is 50.4 Å². The summed E-state index contributed by atoms with van der Waals surface area (Å²) in [4.78, 5) is 19.8. The molecule has 110 valence electrons. The van der Waals surface area contributed by atoms with E-state index in [-0.39, 0.29) is 11.9 Å². The first-order chi connectivity index (χ1) is 10.1. The summed E-state index contributed by atoms with van der Waals surface area (Å²) < 4.78 is 0. The van der Waals surface area contributed by atoms with Crippen LogP contribution in [0.5, 0.6) is 0 Å². The van der Waals surface area contributed by atoms with E-state index in [1.807, 2.05) is 25.8 Å². The molecule has 0 aliphatic heterocycles. The number of nitrogens with zero attached hydrogens (tertiary/aromatic N) is 2. The first-order valence-corrected chi connectivity index (χ1v) is 8.18. The quantitative estimate of drug-likeness (QED) is 0.842. The lowest BCUT2D eigenvalue weighted by Crippen LogP contribution is -2.33. The van der Waals surface area contributed by atoms with Crippen LogP contribution in [0, 0.1) is 13.8 Å². The van der Waals surface area contributed by atoms with Crippen molar-refractivity contribution in [3.8, 4) is 0 Å². The first kappa shape index (κ1) is 14.3. The van der Waals surface area contributed by atoms with E-state index >= 15 is 0 Å². The van der Waals surface area contributed by atoms with Crippen LogP contribution in [0.3, 0.4) is 0 Å². The molecular weight excluding hydrogens is 280 g/mol. The van der Waals surface area contributed by atoms with Crippen molar-refractivity contribution in [3.05, 3.63) is 51.0 Å². The van der Waals surface area contributed by atoms with Gasteiger partial charge in [-0.2, -0.15) is 0 Å². The van der Waals surface area contributed by atoms with Gasteiger partial charge in [-0.3, -0.25) is 4.79 Å². The van der Waals surface area contributed by atoms with E-state index in [0.29, 0.717) is 0 Å². The minimum Gasteiger partial charge on any atom is -0.334 e. The van der Waals surface area contributed by atoms with Gasteiger partial charge in [0.1, 0.15) is 4.88 Å². The highest BCUT2D eigenvalue weighted by Gasteiger charge is 2.28. The van der Waals surface area contributed by atoms with Gasteiger partial charge < -0.3 is 4.90 Å². The van der Waals surface area contributed by atoms with E-state index in [1.54, 1.807) is 0 Å². The molecule has 0 bridgehead atoms. The SMILES string of the molecule is Cc1nc(C)c(C(=O)N(C)C2CCCc3ccccc32)s1. The van der Waals surface area contributed by atoms with Gasteiger partial charge in [-0.1, -0.05) is 24.3 Å². The van der Waals surface area contributed by atoms with Gasteiger partial charge in [0.2, 0.25) is 0 Å². The van der Waals surface area contributed by atoms with Gasteiger partial charge in [-0.25, -0.2) is 4.98 Å². The highest BCUT2D eigenvalue weighted by molar-refractivity contribution is 7.13. The van der Waals surface area contributed by atoms with E-state index in [9.17, 15) is 4.79 Å². The summed E-state index contributed by atoms with van der Waals surface area (Å²) in [5.74, 6) is 0.0970. The molecule has 3 nitrogen and oxygen atoms in total. The number of aryl methyl sites for hydroxylation is 3. The predicted octanol–water partition coefficient (Wildman–Crippen LogP) is 3.91. The summed E-state index contributed by atoms with van der Waals surface area (Å²) in [6.07, 6.45) is 3.30. The van der Waals surface area contributed by atoms with E-state index in [4.69, 9.17) is 0 Å². The highest BCUT2D eigenvalue weighted by Crippen LogP contribution is 2.34. The molecule has 1 aliphatic rings. The molecule has 1 aromatic carbocycles. The molecule has 4 heteroatoms. The minimum atomic E-state index is 0.0970. The predicted molar refractivity (Wildman–Crippen MR) is 85.8 cm³/mol. The smallest absolute Gasteiger partial charge is 0.266 e. The first-order valence-electron chi connectivity index (χ1n) is 7.37. The maximum atomic E-state index is 12.8. The molecule has 3 rings (SSSR count). The number of aromatic nitrogens is 1. The average molecular weight is 300 g/mol. The lowest BCUT2D eigenvalue weighted by Gasteiger charge is -2.33. The Morgan fingerprint density at radius 3 is 2.81 bits per heavy atom. The van der Waals surface area contributed by atoms with Crippen LogP contribution in [0.15, 0.2) is 24.3 Å². The van der Waals surface area contributed by atoms with E-state index in [0.717, 1.165) is 34.8 Å². The molecule has 1 aliphatic carbocycles. The van der Waals surface area contributed by atoms with Crippen LogP contribution in [0.2, 0.25) is 0 Å². The van der Waals surface area contributed by atoms with E-state index in [1.165, 1.54) is 22.5 Å². The van der Waals surface area contributed by atoms with Gasteiger partial charge in [0, 0.05) is 7.05 Å². The maximum absolute atomic E-state index is 12.8. The fourth-order valence-electron chi connectivity index (χ4n) is 3.16. The van der Waals surface area contributed by atoms with Crippen molar-refractivity contribution >= 4 is 17.2 Å². The maximum Gasteiger partial charge on any atom is 0.266 e. The number of fused-ring (bicyclic) bond motifs is 1. The zero-order valence-electron chi connectivity index (χ0n) is 12.7. The van der Waals surface area contributed by atoms with Crippen LogP contribution in [0.25, 0.3) is 0 Å². The monoisotopic (exact) mass is 300 g/mol. The number of thiazole rings is 1. The standard InChI is InChI=1S/C17H20N2OS/c1-11-16(21-12(2)18-11)17(20)19(3)15-10-6-8-13-7-4-5-9-14(13)15/h4-5,7,9,15H,6,8,10H2,1-3H3. The summed E-state index contributed by atoms with van der Waals surface area (Å²) in [7, 11) is 1.92. The van der Waals surface area contributed by atoms with Gasteiger partial charge in [-0.05, 0) is 44.2 Å². The minimum absolute atomic E-state index is 0.0970. The molecule has 0 N–H and O–H groups in total. The van der Waals surface area contributed by atoms with Gasteiger partial charge in [0.25, 0.3) is 5.91 Å². The van der Waals surface area contributed by atoms with Crippen LogP contribution in [0.4, 0.5) is 0 Å². The molecule has 1 aromatic heterocycles. The second-order valence-electron chi connectivity index (χ2n) is 5.67. The Balaban J connectivity index is 1.91. The molecule has 21 heavy (non-hydrogen) atoms. The van der Waals surface area contributed by atoms with Crippen LogP contribution < -0.4 is 0 Å².